The average Bonchev–Trinajstić information content (AvgIpc) is 2.98. The van der Waals surface area contributed by atoms with Gasteiger partial charge in [0.15, 0.2) is 0 Å². The minimum Gasteiger partial charge on any atom is -0.390 e. The third kappa shape index (κ3) is 3.45. The summed E-state index contributed by atoms with van der Waals surface area (Å²) in [6.45, 7) is -0.436. The van der Waals surface area contributed by atoms with Gasteiger partial charge in [0.25, 0.3) is 5.91 Å². The molecule has 0 aliphatic heterocycles. The van der Waals surface area contributed by atoms with E-state index in [1.54, 1.807) is 0 Å². The zero-order valence-electron chi connectivity index (χ0n) is 12.0. The number of phosphoric acid groups is 1. The highest BCUT2D eigenvalue weighted by Crippen LogP contribution is 2.44. The second kappa shape index (κ2) is 6.29. The Hall–Kier alpha value is -1.33. The predicted octanol–water partition coefficient (Wildman–Crippen LogP) is -2.30. The molecule has 23 heavy (non-hydrogen) atoms. The van der Waals surface area contributed by atoms with E-state index in [0.717, 1.165) is 6.20 Å². The molecule has 1 aliphatic carbocycles. The number of aliphatic hydroxyl groups is 2. The molecule has 4 unspecified atom stereocenters. The van der Waals surface area contributed by atoms with Gasteiger partial charge in [0.05, 0.1) is 30.4 Å². The monoisotopic (exact) mass is 350 g/mol. The summed E-state index contributed by atoms with van der Waals surface area (Å²) in [5.74, 6) is -0.677. The molecular formula is C11H19N4O7P. The zero-order valence-corrected chi connectivity index (χ0v) is 12.9. The van der Waals surface area contributed by atoms with Crippen LogP contribution in [0.2, 0.25) is 0 Å². The van der Waals surface area contributed by atoms with Crippen molar-refractivity contribution in [3.8, 4) is 0 Å². The van der Waals surface area contributed by atoms with Crippen LogP contribution in [0.5, 0.6) is 0 Å². The fraction of sp³-hybridized carbons (Fsp3) is 0.636. The molecule has 0 aromatic carbocycles. The molecule has 1 heterocycles. The summed E-state index contributed by atoms with van der Waals surface area (Å²) < 4.78 is 15.2. The minimum atomic E-state index is -4.70. The molecule has 9 N–H and O–H groups in total. The third-order valence-electron chi connectivity index (χ3n) is 4.11. The van der Waals surface area contributed by atoms with E-state index in [4.69, 9.17) is 21.3 Å². The van der Waals surface area contributed by atoms with Crippen LogP contribution in [0.1, 0.15) is 29.2 Å². The Balaban J connectivity index is 2.35. The number of rotatable bonds is 6. The Morgan fingerprint density at radius 3 is 2.61 bits per heavy atom. The number of nitrogens with two attached hydrogens (primary N) is 2. The lowest BCUT2D eigenvalue weighted by Crippen LogP contribution is -2.50. The van der Waals surface area contributed by atoms with Crippen LogP contribution in [0.15, 0.2) is 6.20 Å². The van der Waals surface area contributed by atoms with Crippen molar-refractivity contribution in [2.24, 2.45) is 11.5 Å². The van der Waals surface area contributed by atoms with Crippen molar-refractivity contribution in [1.82, 2.24) is 9.97 Å². The number of H-pyrrole nitrogens is 1. The van der Waals surface area contributed by atoms with Gasteiger partial charge >= 0.3 is 7.82 Å². The Morgan fingerprint density at radius 2 is 2.17 bits per heavy atom. The van der Waals surface area contributed by atoms with Gasteiger partial charge in [-0.2, -0.15) is 0 Å². The van der Waals surface area contributed by atoms with Gasteiger partial charge in [-0.25, -0.2) is 9.55 Å². The number of phosphoric ester groups is 1. The molecule has 1 saturated carbocycles. The first-order valence-electron chi connectivity index (χ1n) is 6.75. The smallest absolute Gasteiger partial charge is 0.390 e. The standard InChI is InChI=1S/C11H19N4O7P/c12-7-3-6(16)8(17)11(7,1-2-22-23(19,20)21)10-14-4-5(15-10)9(13)18/h4,6-8,16-17H,1-3,12H2,(H2,13,18)(H,14,15)(H2,19,20,21). The average molecular weight is 350 g/mol. The van der Waals surface area contributed by atoms with E-state index in [1.165, 1.54) is 0 Å². The summed E-state index contributed by atoms with van der Waals surface area (Å²) in [6.07, 6.45) is -1.44. The summed E-state index contributed by atoms with van der Waals surface area (Å²) in [4.78, 5) is 35.3. The predicted molar refractivity (Wildman–Crippen MR) is 76.0 cm³/mol. The highest BCUT2D eigenvalue weighted by Gasteiger charge is 2.55. The van der Waals surface area contributed by atoms with Gasteiger partial charge in [-0.15, -0.1) is 0 Å². The Kier molecular flexibility index (Phi) is 4.92. The van der Waals surface area contributed by atoms with E-state index in [1.807, 2.05) is 0 Å². The minimum absolute atomic E-state index is 0.0175. The number of imidazole rings is 1. The van der Waals surface area contributed by atoms with Crippen LogP contribution in [0.25, 0.3) is 0 Å². The molecule has 2 rings (SSSR count). The largest absolute Gasteiger partial charge is 0.469 e. The quantitative estimate of drug-likeness (QED) is 0.275. The van der Waals surface area contributed by atoms with Gasteiger partial charge in [0, 0.05) is 6.04 Å². The van der Waals surface area contributed by atoms with Crippen LogP contribution < -0.4 is 11.5 Å². The SMILES string of the molecule is NC(=O)c1cnc(C2(CCOP(=O)(O)O)C(N)CC(O)C2O)[nH]1. The highest BCUT2D eigenvalue weighted by molar-refractivity contribution is 7.46. The fourth-order valence-electron chi connectivity index (χ4n) is 2.95. The molecule has 130 valence electrons. The van der Waals surface area contributed by atoms with Crippen molar-refractivity contribution in [2.45, 2.75) is 36.5 Å². The number of aromatic amines is 1. The number of aliphatic hydroxyl groups excluding tert-OH is 2. The molecule has 1 amide bonds. The van der Waals surface area contributed by atoms with Gasteiger partial charge in [0.2, 0.25) is 0 Å². The van der Waals surface area contributed by atoms with E-state index in [9.17, 15) is 19.6 Å². The first-order valence-corrected chi connectivity index (χ1v) is 8.28. The van der Waals surface area contributed by atoms with Crippen LogP contribution in [-0.2, 0) is 14.5 Å². The van der Waals surface area contributed by atoms with Crippen molar-refractivity contribution in [3.05, 3.63) is 17.7 Å². The summed E-state index contributed by atoms with van der Waals surface area (Å²) in [7, 11) is -4.70. The molecule has 0 saturated heterocycles. The number of primary amides is 1. The topological polar surface area (TPSA) is 205 Å². The number of hydrogen-bond acceptors (Lipinski definition) is 7. The highest BCUT2D eigenvalue weighted by atomic mass is 31.2. The van der Waals surface area contributed by atoms with E-state index < -0.39 is 44.0 Å². The summed E-state index contributed by atoms with van der Waals surface area (Å²) in [5.41, 5.74) is 9.78. The molecule has 1 aromatic rings. The summed E-state index contributed by atoms with van der Waals surface area (Å²) >= 11 is 0. The third-order valence-corrected chi connectivity index (χ3v) is 4.63. The molecular weight excluding hydrogens is 331 g/mol. The Labute approximate surface area is 130 Å². The number of carbonyl (C=O) groups excluding carboxylic acids is 1. The zero-order chi connectivity index (χ0) is 17.4. The number of nitrogens with one attached hydrogen (secondary N) is 1. The van der Waals surface area contributed by atoms with Crippen molar-refractivity contribution in [3.63, 3.8) is 0 Å². The first-order chi connectivity index (χ1) is 10.6. The number of carbonyl (C=O) groups is 1. The number of hydrogen-bond donors (Lipinski definition) is 7. The van der Waals surface area contributed by atoms with Crippen LogP contribution in [-0.4, -0.2) is 60.7 Å². The lowest BCUT2D eigenvalue weighted by Gasteiger charge is -2.34. The molecule has 12 heteroatoms. The molecule has 1 aromatic heterocycles. The number of amides is 1. The number of nitrogens with zero attached hydrogens (tertiary/aromatic N) is 1. The van der Waals surface area contributed by atoms with Crippen LogP contribution in [0.4, 0.5) is 0 Å². The van der Waals surface area contributed by atoms with E-state index >= 15 is 0 Å². The maximum atomic E-state index is 11.2. The van der Waals surface area contributed by atoms with Gasteiger partial charge in [0.1, 0.15) is 11.5 Å². The normalized spacial score (nSPS) is 31.4. The molecule has 0 spiro atoms. The van der Waals surface area contributed by atoms with Gasteiger partial charge in [-0.3, -0.25) is 9.32 Å². The maximum absolute atomic E-state index is 11.2. The van der Waals surface area contributed by atoms with Crippen molar-refractivity contribution in [2.75, 3.05) is 6.61 Å². The summed E-state index contributed by atoms with van der Waals surface area (Å²) in [6, 6.07) is -0.778. The molecule has 11 nitrogen and oxygen atoms in total. The van der Waals surface area contributed by atoms with E-state index in [0.29, 0.717) is 0 Å². The Bertz CT molecular complexity index is 632. The van der Waals surface area contributed by atoms with Crippen LogP contribution in [0, 0.1) is 0 Å². The Morgan fingerprint density at radius 1 is 1.52 bits per heavy atom. The maximum Gasteiger partial charge on any atom is 0.469 e. The first kappa shape index (κ1) is 18.0. The lowest BCUT2D eigenvalue weighted by molar-refractivity contribution is -0.00294. The second-order valence-electron chi connectivity index (χ2n) is 5.48. The van der Waals surface area contributed by atoms with Gasteiger partial charge in [-0.1, -0.05) is 0 Å². The van der Waals surface area contributed by atoms with Crippen molar-refractivity contribution in [1.29, 1.82) is 0 Å². The van der Waals surface area contributed by atoms with Crippen LogP contribution >= 0.6 is 7.82 Å². The van der Waals surface area contributed by atoms with Crippen molar-refractivity contribution >= 4 is 13.7 Å². The van der Waals surface area contributed by atoms with E-state index in [2.05, 4.69) is 14.5 Å². The van der Waals surface area contributed by atoms with Gasteiger partial charge in [-0.05, 0) is 12.8 Å². The molecule has 1 fully saturated rings. The molecule has 1 aliphatic rings. The molecule has 0 radical (unpaired) electrons. The van der Waals surface area contributed by atoms with Gasteiger partial charge < -0.3 is 36.5 Å². The number of aromatic nitrogens is 2. The molecule has 4 atom stereocenters. The van der Waals surface area contributed by atoms with Crippen molar-refractivity contribution < 1.29 is 33.9 Å². The lowest BCUT2D eigenvalue weighted by atomic mass is 9.77. The second-order valence-corrected chi connectivity index (χ2v) is 6.72. The van der Waals surface area contributed by atoms with Crippen LogP contribution in [0.3, 0.4) is 0 Å². The summed E-state index contributed by atoms with van der Waals surface area (Å²) in [5, 5.41) is 20.2. The fourth-order valence-corrected chi connectivity index (χ4v) is 3.27. The molecule has 0 bridgehead atoms. The van der Waals surface area contributed by atoms with E-state index in [-0.39, 0.29) is 24.4 Å².